The summed E-state index contributed by atoms with van der Waals surface area (Å²) >= 11 is 16.5. The number of benzene rings is 8. The maximum Gasteiger partial charge on any atom is 0.417 e. The van der Waals surface area contributed by atoms with Gasteiger partial charge in [0.15, 0.2) is 17.1 Å². The lowest BCUT2D eigenvalue weighted by Crippen LogP contribution is -2.44. The molecule has 3 aliphatic carbocycles. The molecule has 0 unspecified atom stereocenters. The standard InChI is InChI=1S/2C23H19F5N2O3.C13H18ClF3OSi.C13H11ClF2N2O2.C10H9F3O.C7H4ClF3O/c2*1-11-16(24)8-14(9-17(11)25)12(2)29-21(31)18-10-32-22(30-18)33-19-5-3-4-15(23(26,27)28)20(19)13-6-7-13;1-12(2,3)19(4,5)18-10-8-6-7-9(11(10)14)13(15,16)17;1-6-9(15)3-8(4-10(6)16)7(2)17-12(19)11-5-20-13(14)18-11;11-10(12,13)7-2-1-3-8(14)9(7)6-4-5-6;8-6-4(7(9,10)11)2-1-3-5(6)12/h2*3-5,8-10,12-13H,6-7H2,1-2H3,(H,29,31);6-8H,1-5H3;3-5,7H,1-2H3,(H,17,19);1-3,6,14H,4-5H2;1-3,12H/t2*12-;;7-;;/m11.1../s1. The molecule has 0 aliphatic heterocycles. The Hall–Kier alpha value is -11.6. The van der Waals surface area contributed by atoms with Crippen molar-refractivity contribution in [3.8, 4) is 40.9 Å². The van der Waals surface area contributed by atoms with E-state index in [1.54, 1.807) is 6.92 Å². The molecule has 17 nitrogen and oxygen atoms in total. The van der Waals surface area contributed by atoms with E-state index in [4.69, 9.17) is 67.1 Å². The summed E-state index contributed by atoms with van der Waals surface area (Å²) in [6.07, 6.45) is -16.2. The molecule has 14 rings (SSSR count). The normalized spacial score (nSPS) is 14.2. The number of rotatable bonds is 18. The van der Waals surface area contributed by atoms with Gasteiger partial charge in [-0.2, -0.15) is 80.8 Å². The molecule has 0 spiro atoms. The molecule has 42 heteroatoms. The van der Waals surface area contributed by atoms with E-state index in [0.717, 1.165) is 98.4 Å². The van der Waals surface area contributed by atoms with Gasteiger partial charge in [-0.15, -0.1) is 0 Å². The van der Waals surface area contributed by atoms with Gasteiger partial charge in [0, 0.05) is 33.4 Å². The average Bonchev–Trinajstić information content (AvgIpc) is 1.70. The lowest BCUT2D eigenvalue weighted by Gasteiger charge is -2.36. The number of ether oxygens (including phenoxy) is 2. The van der Waals surface area contributed by atoms with Gasteiger partial charge in [0.1, 0.15) is 82.4 Å². The van der Waals surface area contributed by atoms with Crippen molar-refractivity contribution >= 4 is 60.8 Å². The summed E-state index contributed by atoms with van der Waals surface area (Å²) in [6.45, 7) is 18.6. The smallest absolute Gasteiger partial charge is 0.417 e. The van der Waals surface area contributed by atoms with E-state index in [2.05, 4.69) is 30.9 Å². The third kappa shape index (κ3) is 27.3. The van der Waals surface area contributed by atoms with E-state index in [1.165, 1.54) is 95.3 Å². The fourth-order valence-corrected chi connectivity index (χ4v) is 13.8. The van der Waals surface area contributed by atoms with Crippen molar-refractivity contribution in [3.05, 3.63) is 291 Å². The highest BCUT2D eigenvalue weighted by Crippen LogP contribution is 2.54. The molecule has 3 fully saturated rings. The quantitative estimate of drug-likeness (QED) is 0.0397. The van der Waals surface area contributed by atoms with Crippen LogP contribution in [0.4, 0.5) is 92.2 Å². The lowest BCUT2D eigenvalue weighted by atomic mass is 10.0. The number of carbonyl (C=O) groups is 3. The van der Waals surface area contributed by atoms with Crippen LogP contribution in [0.25, 0.3) is 0 Å². The highest BCUT2D eigenvalue weighted by Gasteiger charge is 2.45. The SMILES string of the molecule is CC(C)(C)[Si](C)(C)Oc1cccc(C(F)(F)F)c1Cl.Cc1c(F)cc([C@@H](C)NC(=O)c2coc(Cl)n2)cc1F.Cc1c(F)cc([C@@H](C)NC(=O)c2coc(Oc3cccc(C(F)(F)F)c3C3CC3)n2)cc1F.Cc1c(F)cc([C@@H](C)NC(=O)c2coc(Oc3cccc(C(F)(F)F)c3C3CC3)n2)cc1F.Oc1cccc(C(F)(F)F)c1C1CC1.Oc1cccc(C(F)(F)F)c1Cl. The molecule has 3 atom stereocenters. The first-order valence-electron chi connectivity index (χ1n) is 39.3. The first-order valence-corrected chi connectivity index (χ1v) is 43.4. The number of hydrogen-bond acceptors (Lipinski definition) is 14. The van der Waals surface area contributed by atoms with E-state index < -0.39 is 161 Å². The maximum atomic E-state index is 13.8. The first kappa shape index (κ1) is 103. The molecule has 0 bridgehead atoms. The molecule has 11 aromatic rings. The van der Waals surface area contributed by atoms with Gasteiger partial charge in [0.25, 0.3) is 31.4 Å². The van der Waals surface area contributed by atoms with E-state index in [0.29, 0.717) is 31.2 Å². The molecule has 131 heavy (non-hydrogen) atoms. The second-order valence-corrected chi connectivity index (χ2v) is 37.5. The molecule has 3 saturated carbocycles. The van der Waals surface area contributed by atoms with Crippen LogP contribution < -0.4 is 29.9 Å². The molecule has 8 aromatic carbocycles. The van der Waals surface area contributed by atoms with Gasteiger partial charge in [0.2, 0.25) is 0 Å². The van der Waals surface area contributed by atoms with E-state index in [-0.39, 0.29) is 118 Å². The highest BCUT2D eigenvalue weighted by molar-refractivity contribution is 6.74. The number of oxazole rings is 3. The van der Waals surface area contributed by atoms with Gasteiger partial charge >= 0.3 is 43.0 Å². The maximum absolute atomic E-state index is 13.8. The van der Waals surface area contributed by atoms with E-state index in [9.17, 15) is 112 Å². The van der Waals surface area contributed by atoms with Crippen molar-refractivity contribution in [2.24, 2.45) is 0 Å². The predicted octanol–water partition coefficient (Wildman–Crippen LogP) is 28.4. The molecule has 3 aromatic heterocycles. The average molecular weight is 1940 g/mol. The van der Waals surface area contributed by atoms with Crippen LogP contribution in [0.3, 0.4) is 0 Å². The van der Waals surface area contributed by atoms with Crippen LogP contribution >= 0.6 is 34.8 Å². The summed E-state index contributed by atoms with van der Waals surface area (Å²) in [5, 5.41) is 24.5. The number of hydrogen-bond donors (Lipinski definition) is 5. The largest absolute Gasteiger partial charge is 0.542 e. The Bertz CT molecular complexity index is 5660. The highest BCUT2D eigenvalue weighted by atomic mass is 35.5. The minimum Gasteiger partial charge on any atom is -0.542 e. The van der Waals surface area contributed by atoms with Crippen LogP contribution in [0.15, 0.2) is 159 Å². The number of halogens is 24. The van der Waals surface area contributed by atoms with Gasteiger partial charge in [-0.3, -0.25) is 14.4 Å². The second kappa shape index (κ2) is 41.5. The van der Waals surface area contributed by atoms with Crippen LogP contribution in [-0.4, -0.2) is 51.2 Å². The molecular weight excluding hydrogens is 1860 g/mol. The zero-order valence-electron chi connectivity index (χ0n) is 70.5. The number of amides is 3. The molecule has 0 saturated heterocycles. The summed E-state index contributed by atoms with van der Waals surface area (Å²) in [4.78, 5) is 48.2. The van der Waals surface area contributed by atoms with Crippen LogP contribution in [0, 0.1) is 55.7 Å². The van der Waals surface area contributed by atoms with Crippen molar-refractivity contribution in [1.82, 2.24) is 30.9 Å². The number of carbonyl (C=O) groups excluding carboxylic acids is 3. The van der Waals surface area contributed by atoms with Crippen molar-refractivity contribution in [2.45, 2.75) is 186 Å². The Labute approximate surface area is 750 Å². The van der Waals surface area contributed by atoms with Crippen molar-refractivity contribution in [1.29, 1.82) is 0 Å². The number of aromatic nitrogens is 3. The van der Waals surface area contributed by atoms with Gasteiger partial charge in [-0.25, -0.2) is 26.3 Å². The number of aromatic hydroxyl groups is 2. The van der Waals surface area contributed by atoms with Crippen LogP contribution in [-0.2, 0) is 30.9 Å². The number of alkyl halides is 15. The summed E-state index contributed by atoms with van der Waals surface area (Å²) < 4.78 is 306. The summed E-state index contributed by atoms with van der Waals surface area (Å²) in [6, 6.07) is 22.2. The minimum atomic E-state index is -4.54. The van der Waals surface area contributed by atoms with Gasteiger partial charge in [0.05, 0.1) is 56.0 Å². The topological polar surface area (TPSA) is 234 Å². The number of phenols is 2. The van der Waals surface area contributed by atoms with Crippen LogP contribution in [0.2, 0.25) is 33.5 Å². The van der Waals surface area contributed by atoms with Crippen molar-refractivity contribution in [3.63, 3.8) is 0 Å². The monoisotopic (exact) mass is 1940 g/mol. The van der Waals surface area contributed by atoms with Crippen LogP contribution in [0.1, 0.15) is 225 Å². The van der Waals surface area contributed by atoms with E-state index >= 15 is 0 Å². The molecule has 3 amide bonds. The Morgan fingerprint density at radius 1 is 0.405 bits per heavy atom. The van der Waals surface area contributed by atoms with Gasteiger partial charge in [-0.1, -0.05) is 74.3 Å². The zero-order chi connectivity index (χ0) is 97.4. The summed E-state index contributed by atoms with van der Waals surface area (Å²) in [5.74, 6) is -7.67. The minimum absolute atomic E-state index is 0.00472. The summed E-state index contributed by atoms with van der Waals surface area (Å²) in [5.41, 5.74) is -3.99. The third-order valence-corrected chi connectivity index (χ3v) is 26.1. The number of nitrogens with zero attached hydrogens (tertiary/aromatic N) is 3. The van der Waals surface area contributed by atoms with Crippen LogP contribution in [0.5, 0.6) is 40.9 Å². The van der Waals surface area contributed by atoms with Gasteiger partial charge < -0.3 is 53.3 Å². The lowest BCUT2D eigenvalue weighted by molar-refractivity contribution is -0.139. The molecule has 3 heterocycles. The Morgan fingerprint density at radius 3 is 0.977 bits per heavy atom. The van der Waals surface area contributed by atoms with Gasteiger partial charge in [-0.05, 0) is 241 Å². The molecule has 3 aliphatic rings. The fraction of sp³-hybridized carbons (Fsp3) is 0.326. The number of phenolic OH excluding ortho intramolecular Hbond substituents is 2. The van der Waals surface area contributed by atoms with E-state index in [1.807, 2.05) is 33.9 Å². The fourth-order valence-electron chi connectivity index (χ4n) is 12.1. The molecule has 704 valence electrons. The molecule has 5 N–H and O–H groups in total. The molecule has 0 radical (unpaired) electrons. The Morgan fingerprint density at radius 2 is 0.679 bits per heavy atom. The van der Waals surface area contributed by atoms with Crippen molar-refractivity contribution < 1.29 is 144 Å². The third-order valence-electron chi connectivity index (χ3n) is 20.8. The Kier molecular flexibility index (Phi) is 32.7. The number of nitrogens with one attached hydrogen (secondary N) is 3. The Balaban J connectivity index is 0.000000184. The second-order valence-electron chi connectivity index (χ2n) is 31.7. The zero-order valence-corrected chi connectivity index (χ0v) is 73.8. The predicted molar refractivity (Wildman–Crippen MR) is 440 cm³/mol. The van der Waals surface area contributed by atoms with Crippen molar-refractivity contribution in [2.75, 3.05) is 0 Å². The first-order chi connectivity index (χ1) is 60.7. The summed E-state index contributed by atoms with van der Waals surface area (Å²) in [7, 11) is -2.21. The molecular formula is C89H80Cl3F21N6O11Si.